The zero-order valence-corrected chi connectivity index (χ0v) is 10.7. The van der Waals surface area contributed by atoms with E-state index in [-0.39, 0.29) is 5.82 Å². The Morgan fingerprint density at radius 1 is 1.29 bits per heavy atom. The highest BCUT2D eigenvalue weighted by Gasteiger charge is 2.14. The predicted molar refractivity (Wildman–Crippen MR) is 70.0 cm³/mol. The topological polar surface area (TPSA) is 15.3 Å². The summed E-state index contributed by atoms with van der Waals surface area (Å²) in [6.45, 7) is 2.23. The molecule has 1 saturated heterocycles. The second kappa shape index (κ2) is 5.50. The lowest BCUT2D eigenvalue weighted by Gasteiger charge is -2.23. The van der Waals surface area contributed by atoms with Crippen molar-refractivity contribution in [2.75, 3.05) is 32.1 Å². The summed E-state index contributed by atoms with van der Waals surface area (Å²) < 4.78 is 13.5. The molecule has 0 bridgehead atoms. The van der Waals surface area contributed by atoms with Gasteiger partial charge in [0, 0.05) is 14.1 Å². The first kappa shape index (κ1) is 12.4. The van der Waals surface area contributed by atoms with Crippen LogP contribution in [-0.2, 0) is 6.42 Å². The molecule has 17 heavy (non-hydrogen) atoms. The minimum atomic E-state index is -0.135. The number of nitrogens with one attached hydrogen (secondary N) is 1. The standard InChI is InChI=1S/C14H21FN2/c1-17(2)14-10-12(3-4-13(14)15)9-11-5-7-16-8-6-11/h3-4,10-11,16H,5-9H2,1-2H3. The molecule has 0 aromatic heterocycles. The quantitative estimate of drug-likeness (QED) is 0.867. The molecule has 94 valence electrons. The van der Waals surface area contributed by atoms with Crippen molar-refractivity contribution in [2.24, 2.45) is 5.92 Å². The van der Waals surface area contributed by atoms with Gasteiger partial charge in [0.2, 0.25) is 0 Å². The second-order valence-electron chi connectivity index (χ2n) is 5.08. The largest absolute Gasteiger partial charge is 0.375 e. The number of anilines is 1. The van der Waals surface area contributed by atoms with Crippen molar-refractivity contribution in [3.8, 4) is 0 Å². The fraction of sp³-hybridized carbons (Fsp3) is 0.571. The molecule has 2 nitrogen and oxygen atoms in total. The Bertz CT molecular complexity index is 370. The average molecular weight is 236 g/mol. The van der Waals surface area contributed by atoms with Gasteiger partial charge >= 0.3 is 0 Å². The number of piperidine rings is 1. The minimum Gasteiger partial charge on any atom is -0.375 e. The summed E-state index contributed by atoms with van der Waals surface area (Å²) in [5.74, 6) is 0.612. The predicted octanol–water partition coefficient (Wildman–Crippen LogP) is 2.43. The van der Waals surface area contributed by atoms with Crippen molar-refractivity contribution >= 4 is 5.69 Å². The van der Waals surface area contributed by atoms with Gasteiger partial charge in [-0.1, -0.05) is 6.07 Å². The molecule has 0 spiro atoms. The first-order valence-corrected chi connectivity index (χ1v) is 6.33. The molecule has 0 atom stereocenters. The van der Waals surface area contributed by atoms with Gasteiger partial charge in [-0.05, 0) is 56.0 Å². The molecule has 1 aromatic carbocycles. The maximum atomic E-state index is 13.5. The molecule has 0 amide bonds. The first-order chi connectivity index (χ1) is 8.16. The zero-order chi connectivity index (χ0) is 12.3. The van der Waals surface area contributed by atoms with E-state index in [2.05, 4.69) is 5.32 Å². The van der Waals surface area contributed by atoms with Gasteiger partial charge in [-0.15, -0.1) is 0 Å². The number of rotatable bonds is 3. The molecule has 1 fully saturated rings. The van der Waals surface area contributed by atoms with Crippen LogP contribution >= 0.6 is 0 Å². The van der Waals surface area contributed by atoms with Crippen LogP contribution in [0.2, 0.25) is 0 Å². The Morgan fingerprint density at radius 2 is 2.00 bits per heavy atom. The number of benzene rings is 1. The normalized spacial score (nSPS) is 17.1. The summed E-state index contributed by atoms with van der Waals surface area (Å²) in [6, 6.07) is 5.49. The second-order valence-corrected chi connectivity index (χ2v) is 5.08. The van der Waals surface area contributed by atoms with E-state index in [9.17, 15) is 4.39 Å². The third kappa shape index (κ3) is 3.19. The van der Waals surface area contributed by atoms with Crippen molar-refractivity contribution in [1.82, 2.24) is 5.32 Å². The van der Waals surface area contributed by atoms with Gasteiger partial charge < -0.3 is 10.2 Å². The molecule has 0 aliphatic carbocycles. The fourth-order valence-corrected chi connectivity index (χ4v) is 2.45. The van der Waals surface area contributed by atoms with Crippen molar-refractivity contribution < 1.29 is 4.39 Å². The summed E-state index contributed by atoms with van der Waals surface area (Å²) >= 11 is 0. The Labute approximate surface area is 103 Å². The molecule has 0 radical (unpaired) electrons. The van der Waals surface area contributed by atoms with Crippen LogP contribution in [0, 0.1) is 11.7 Å². The summed E-state index contributed by atoms with van der Waals surface area (Å²) in [4.78, 5) is 1.83. The van der Waals surface area contributed by atoms with Crippen molar-refractivity contribution in [2.45, 2.75) is 19.3 Å². The smallest absolute Gasteiger partial charge is 0.146 e. The number of nitrogens with zero attached hydrogens (tertiary/aromatic N) is 1. The molecule has 0 saturated carbocycles. The van der Waals surface area contributed by atoms with E-state index < -0.39 is 0 Å². The highest BCUT2D eigenvalue weighted by Crippen LogP contribution is 2.23. The average Bonchev–Trinajstić information content (AvgIpc) is 2.32. The van der Waals surface area contributed by atoms with E-state index in [4.69, 9.17) is 0 Å². The van der Waals surface area contributed by atoms with E-state index in [1.54, 1.807) is 6.07 Å². The lowest BCUT2D eigenvalue weighted by atomic mass is 9.91. The van der Waals surface area contributed by atoms with Crippen molar-refractivity contribution in [3.05, 3.63) is 29.6 Å². The van der Waals surface area contributed by atoms with Gasteiger partial charge in [-0.3, -0.25) is 0 Å². The molecule has 1 N–H and O–H groups in total. The van der Waals surface area contributed by atoms with Gasteiger partial charge in [0.1, 0.15) is 5.82 Å². The highest BCUT2D eigenvalue weighted by molar-refractivity contribution is 5.48. The molecule has 1 aliphatic heterocycles. The molecule has 1 aliphatic rings. The first-order valence-electron chi connectivity index (χ1n) is 6.33. The maximum Gasteiger partial charge on any atom is 0.146 e. The SMILES string of the molecule is CN(C)c1cc(CC2CCNCC2)ccc1F. The zero-order valence-electron chi connectivity index (χ0n) is 10.7. The summed E-state index contributed by atoms with van der Waals surface area (Å²) in [5, 5.41) is 3.37. The molecule has 3 heteroatoms. The molecular weight excluding hydrogens is 215 g/mol. The molecule has 1 aromatic rings. The molecule has 1 heterocycles. The molecular formula is C14H21FN2. The monoisotopic (exact) mass is 236 g/mol. The van der Waals surface area contributed by atoms with E-state index in [0.717, 1.165) is 25.4 Å². The third-order valence-corrected chi connectivity index (χ3v) is 3.48. The van der Waals surface area contributed by atoms with Gasteiger partial charge in [-0.25, -0.2) is 4.39 Å². The molecule has 0 unspecified atom stereocenters. The lowest BCUT2D eigenvalue weighted by molar-refractivity contribution is 0.372. The van der Waals surface area contributed by atoms with E-state index in [0.29, 0.717) is 5.69 Å². The van der Waals surface area contributed by atoms with Crippen LogP contribution in [0.4, 0.5) is 10.1 Å². The van der Waals surface area contributed by atoms with Gasteiger partial charge in [0.15, 0.2) is 0 Å². The Kier molecular flexibility index (Phi) is 4.00. The van der Waals surface area contributed by atoms with Gasteiger partial charge in [-0.2, -0.15) is 0 Å². The van der Waals surface area contributed by atoms with Crippen LogP contribution in [0.5, 0.6) is 0 Å². The Morgan fingerprint density at radius 3 is 2.65 bits per heavy atom. The van der Waals surface area contributed by atoms with Crippen molar-refractivity contribution in [1.29, 1.82) is 0 Å². The maximum absolute atomic E-state index is 13.5. The molecule has 2 rings (SSSR count). The van der Waals surface area contributed by atoms with Crippen molar-refractivity contribution in [3.63, 3.8) is 0 Å². The van der Waals surface area contributed by atoms with Crippen LogP contribution in [-0.4, -0.2) is 27.2 Å². The van der Waals surface area contributed by atoms with E-state index in [1.165, 1.54) is 18.4 Å². The summed E-state index contributed by atoms with van der Waals surface area (Å²) in [6.07, 6.45) is 3.53. The van der Waals surface area contributed by atoms with Crippen LogP contribution < -0.4 is 10.2 Å². The summed E-state index contributed by atoms with van der Waals surface area (Å²) in [5.41, 5.74) is 1.94. The van der Waals surface area contributed by atoms with Crippen LogP contribution in [0.15, 0.2) is 18.2 Å². The summed E-state index contributed by atoms with van der Waals surface area (Å²) in [7, 11) is 3.76. The van der Waals surface area contributed by atoms with Crippen LogP contribution in [0.1, 0.15) is 18.4 Å². The Balaban J connectivity index is 2.07. The fourth-order valence-electron chi connectivity index (χ4n) is 2.45. The number of halogens is 1. The van der Waals surface area contributed by atoms with E-state index in [1.807, 2.05) is 31.1 Å². The highest BCUT2D eigenvalue weighted by atomic mass is 19.1. The Hall–Kier alpha value is -1.09. The van der Waals surface area contributed by atoms with Gasteiger partial charge in [0.05, 0.1) is 5.69 Å². The van der Waals surface area contributed by atoms with Crippen LogP contribution in [0.25, 0.3) is 0 Å². The number of hydrogen-bond acceptors (Lipinski definition) is 2. The van der Waals surface area contributed by atoms with Crippen LogP contribution in [0.3, 0.4) is 0 Å². The lowest BCUT2D eigenvalue weighted by Crippen LogP contribution is -2.28. The number of hydrogen-bond donors (Lipinski definition) is 1. The minimum absolute atomic E-state index is 0.135. The van der Waals surface area contributed by atoms with Gasteiger partial charge in [0.25, 0.3) is 0 Å². The third-order valence-electron chi connectivity index (χ3n) is 3.48. The van der Waals surface area contributed by atoms with E-state index >= 15 is 0 Å².